The van der Waals surface area contributed by atoms with Crippen LogP contribution in [0.4, 0.5) is 24.5 Å². The van der Waals surface area contributed by atoms with Crippen LogP contribution in [0, 0.1) is 0 Å². The van der Waals surface area contributed by atoms with Crippen molar-refractivity contribution in [2.45, 2.75) is 6.18 Å². The maximum atomic E-state index is 13.7. The van der Waals surface area contributed by atoms with Gasteiger partial charge in [0.2, 0.25) is 0 Å². The average Bonchev–Trinajstić information content (AvgIpc) is 3.24. The van der Waals surface area contributed by atoms with E-state index in [9.17, 15) is 18.0 Å². The highest BCUT2D eigenvalue weighted by atomic mass is 35.5. The van der Waals surface area contributed by atoms with Crippen LogP contribution in [0.15, 0.2) is 54.9 Å². The summed E-state index contributed by atoms with van der Waals surface area (Å²) in [5.41, 5.74) is -0.0535. The van der Waals surface area contributed by atoms with E-state index in [2.05, 4.69) is 10.4 Å². The fraction of sp³-hybridized carbons (Fsp3) is 0.238. The largest absolute Gasteiger partial charge is 0.418 e. The van der Waals surface area contributed by atoms with Crippen LogP contribution in [0.5, 0.6) is 0 Å². The standard InChI is InChI=1S/C21H18ClF3N4O2/c22-15-2-1-3-17(10-15)29-13-14(12-26-29)20(30)27-19-5-4-16(11-18(19)21(23,24)25)28-6-8-31-9-7-28/h1-5,10-13H,6-9H2,(H,27,30). The Bertz CT molecular complexity index is 1090. The van der Waals surface area contributed by atoms with Gasteiger partial charge < -0.3 is 15.0 Å². The van der Waals surface area contributed by atoms with Gasteiger partial charge in [-0.15, -0.1) is 0 Å². The number of carbonyl (C=O) groups is 1. The van der Waals surface area contributed by atoms with Crippen molar-refractivity contribution in [1.82, 2.24) is 9.78 Å². The van der Waals surface area contributed by atoms with Gasteiger partial charge >= 0.3 is 6.18 Å². The zero-order chi connectivity index (χ0) is 22.0. The first-order valence-electron chi connectivity index (χ1n) is 9.47. The van der Waals surface area contributed by atoms with Crippen molar-refractivity contribution in [3.8, 4) is 5.69 Å². The molecule has 0 radical (unpaired) electrons. The van der Waals surface area contributed by atoms with Crippen molar-refractivity contribution >= 4 is 28.9 Å². The molecule has 0 atom stereocenters. The predicted molar refractivity (Wildman–Crippen MR) is 111 cm³/mol. The minimum atomic E-state index is -4.63. The van der Waals surface area contributed by atoms with Gasteiger partial charge in [-0.2, -0.15) is 18.3 Å². The Balaban J connectivity index is 1.57. The van der Waals surface area contributed by atoms with Crippen LogP contribution in [0.2, 0.25) is 5.02 Å². The Labute approximate surface area is 181 Å². The third-order valence-electron chi connectivity index (χ3n) is 4.85. The van der Waals surface area contributed by atoms with E-state index in [-0.39, 0.29) is 11.3 Å². The molecule has 1 fully saturated rings. The number of hydrogen-bond acceptors (Lipinski definition) is 4. The van der Waals surface area contributed by atoms with Gasteiger partial charge in [0.1, 0.15) is 0 Å². The van der Waals surface area contributed by atoms with E-state index in [1.165, 1.54) is 23.1 Å². The van der Waals surface area contributed by atoms with Gasteiger partial charge in [-0.1, -0.05) is 17.7 Å². The molecular formula is C21H18ClF3N4O2. The summed E-state index contributed by atoms with van der Waals surface area (Å²) in [6.45, 7) is 1.92. The van der Waals surface area contributed by atoms with Crippen LogP contribution < -0.4 is 10.2 Å². The number of hydrogen-bond donors (Lipinski definition) is 1. The Morgan fingerprint density at radius 3 is 2.58 bits per heavy atom. The van der Waals surface area contributed by atoms with Crippen molar-refractivity contribution in [2.75, 3.05) is 36.5 Å². The number of benzene rings is 2. The second-order valence-corrected chi connectivity index (χ2v) is 7.37. The number of halogens is 4. The molecule has 1 aliphatic heterocycles. The maximum absolute atomic E-state index is 13.7. The van der Waals surface area contributed by atoms with Crippen LogP contribution in [0.25, 0.3) is 5.69 Å². The Hall–Kier alpha value is -3.04. The molecule has 0 bridgehead atoms. The number of amides is 1. The maximum Gasteiger partial charge on any atom is 0.418 e. The van der Waals surface area contributed by atoms with E-state index >= 15 is 0 Å². The lowest BCUT2D eigenvalue weighted by Gasteiger charge is -2.29. The Morgan fingerprint density at radius 1 is 1.10 bits per heavy atom. The quantitative estimate of drug-likeness (QED) is 0.629. The molecule has 2 aromatic carbocycles. The lowest BCUT2D eigenvalue weighted by Crippen LogP contribution is -2.36. The van der Waals surface area contributed by atoms with Crippen LogP contribution in [-0.4, -0.2) is 42.0 Å². The van der Waals surface area contributed by atoms with Gasteiger partial charge in [0.15, 0.2) is 0 Å². The number of rotatable bonds is 4. The lowest BCUT2D eigenvalue weighted by atomic mass is 10.1. The first-order chi connectivity index (χ1) is 14.8. The molecule has 162 valence electrons. The summed E-state index contributed by atoms with van der Waals surface area (Å²) in [6, 6.07) is 10.7. The summed E-state index contributed by atoms with van der Waals surface area (Å²) in [6.07, 6.45) is -1.92. The zero-order valence-corrected chi connectivity index (χ0v) is 17.0. The van der Waals surface area contributed by atoms with Crippen LogP contribution in [0.3, 0.4) is 0 Å². The van der Waals surface area contributed by atoms with Crippen LogP contribution in [-0.2, 0) is 10.9 Å². The molecule has 4 rings (SSSR count). The highest BCUT2D eigenvalue weighted by molar-refractivity contribution is 6.30. The molecule has 0 spiro atoms. The SMILES string of the molecule is O=C(Nc1ccc(N2CCOCC2)cc1C(F)(F)F)c1cnn(-c2cccc(Cl)c2)c1. The average molecular weight is 451 g/mol. The van der Waals surface area contributed by atoms with Crippen molar-refractivity contribution in [3.63, 3.8) is 0 Å². The molecule has 0 unspecified atom stereocenters. The molecule has 1 aliphatic rings. The number of carbonyl (C=O) groups excluding carboxylic acids is 1. The number of morpholine rings is 1. The number of ether oxygens (including phenoxy) is 1. The number of nitrogens with zero attached hydrogens (tertiary/aromatic N) is 3. The second kappa shape index (κ2) is 8.60. The molecule has 31 heavy (non-hydrogen) atoms. The summed E-state index contributed by atoms with van der Waals surface area (Å²) < 4.78 is 47.7. The molecule has 1 amide bonds. The lowest BCUT2D eigenvalue weighted by molar-refractivity contribution is -0.136. The highest BCUT2D eigenvalue weighted by Crippen LogP contribution is 2.37. The number of anilines is 2. The molecule has 3 aromatic rings. The van der Waals surface area contributed by atoms with Crippen LogP contribution >= 0.6 is 11.6 Å². The Kier molecular flexibility index (Phi) is 5.88. The van der Waals surface area contributed by atoms with Gasteiger partial charge in [0.05, 0.1) is 41.9 Å². The molecule has 6 nitrogen and oxygen atoms in total. The Morgan fingerprint density at radius 2 is 1.87 bits per heavy atom. The van der Waals surface area contributed by atoms with Crippen molar-refractivity contribution in [3.05, 3.63) is 71.0 Å². The topological polar surface area (TPSA) is 59.4 Å². The summed E-state index contributed by atoms with van der Waals surface area (Å²) in [7, 11) is 0. The smallest absolute Gasteiger partial charge is 0.378 e. The monoisotopic (exact) mass is 450 g/mol. The number of alkyl halides is 3. The highest BCUT2D eigenvalue weighted by Gasteiger charge is 2.35. The first kappa shape index (κ1) is 21.2. The molecule has 1 N–H and O–H groups in total. The molecule has 10 heteroatoms. The fourth-order valence-corrected chi connectivity index (χ4v) is 3.47. The molecule has 0 aliphatic carbocycles. The van der Waals surface area contributed by atoms with Crippen molar-refractivity contribution in [2.24, 2.45) is 0 Å². The normalized spacial score (nSPS) is 14.5. The summed E-state index contributed by atoms with van der Waals surface area (Å²) in [5.74, 6) is -0.696. The van der Waals surface area contributed by atoms with Gasteiger partial charge in [-0.05, 0) is 36.4 Å². The van der Waals surface area contributed by atoms with E-state index in [0.717, 1.165) is 6.07 Å². The third kappa shape index (κ3) is 4.83. The number of nitrogens with one attached hydrogen (secondary N) is 1. The van der Waals surface area contributed by atoms with Gasteiger partial charge in [-0.3, -0.25) is 4.79 Å². The van der Waals surface area contributed by atoms with E-state index in [1.54, 1.807) is 30.3 Å². The van der Waals surface area contributed by atoms with E-state index in [1.807, 2.05) is 4.90 Å². The van der Waals surface area contributed by atoms with E-state index < -0.39 is 17.6 Å². The van der Waals surface area contributed by atoms with Gasteiger partial charge in [0, 0.05) is 30.0 Å². The summed E-state index contributed by atoms with van der Waals surface area (Å²) in [4.78, 5) is 14.4. The second-order valence-electron chi connectivity index (χ2n) is 6.93. The first-order valence-corrected chi connectivity index (χ1v) is 9.85. The molecule has 0 saturated carbocycles. The molecular weight excluding hydrogens is 433 g/mol. The van der Waals surface area contributed by atoms with E-state index in [4.69, 9.17) is 16.3 Å². The van der Waals surface area contributed by atoms with Gasteiger partial charge in [0.25, 0.3) is 5.91 Å². The predicted octanol–water partition coefficient (Wildman–Crippen LogP) is 4.63. The molecule has 1 aromatic heterocycles. The minimum absolute atomic E-state index is 0.116. The minimum Gasteiger partial charge on any atom is -0.378 e. The summed E-state index contributed by atoms with van der Waals surface area (Å²) in [5, 5.41) is 6.95. The van der Waals surface area contributed by atoms with E-state index in [0.29, 0.717) is 42.7 Å². The van der Waals surface area contributed by atoms with Crippen molar-refractivity contribution in [1.29, 1.82) is 0 Å². The van der Waals surface area contributed by atoms with Gasteiger partial charge in [-0.25, -0.2) is 4.68 Å². The van der Waals surface area contributed by atoms with Crippen LogP contribution in [0.1, 0.15) is 15.9 Å². The number of aromatic nitrogens is 2. The molecule has 2 heterocycles. The van der Waals surface area contributed by atoms with Crippen molar-refractivity contribution < 1.29 is 22.7 Å². The fourth-order valence-electron chi connectivity index (χ4n) is 3.29. The summed E-state index contributed by atoms with van der Waals surface area (Å²) >= 11 is 5.96. The zero-order valence-electron chi connectivity index (χ0n) is 16.2. The third-order valence-corrected chi connectivity index (χ3v) is 5.09. The molecule has 1 saturated heterocycles.